The van der Waals surface area contributed by atoms with Crippen molar-refractivity contribution < 1.29 is 0 Å². The van der Waals surface area contributed by atoms with E-state index in [4.69, 9.17) is 22.7 Å². The van der Waals surface area contributed by atoms with Gasteiger partial charge in [0, 0.05) is 11.1 Å². The van der Waals surface area contributed by atoms with Crippen LogP contribution in [0, 0.1) is 5.41 Å². The molecule has 3 nitrogen and oxygen atoms in total. The standard InChI is InChI=1S/C5H6ClN3S2/c6-4-9-3(1-10-4)2-11-5(7)8/h1H,2H2,(H3,7,8). The minimum absolute atomic E-state index is 0.106. The molecular weight excluding hydrogens is 202 g/mol. The van der Waals surface area contributed by atoms with Gasteiger partial charge in [-0.2, -0.15) is 0 Å². The number of thiazole rings is 1. The molecular formula is C5H6ClN3S2. The van der Waals surface area contributed by atoms with Crippen molar-refractivity contribution in [2.75, 3.05) is 0 Å². The van der Waals surface area contributed by atoms with Gasteiger partial charge in [-0.3, -0.25) is 5.41 Å². The van der Waals surface area contributed by atoms with E-state index < -0.39 is 0 Å². The van der Waals surface area contributed by atoms with E-state index in [1.165, 1.54) is 23.1 Å². The molecule has 0 radical (unpaired) electrons. The molecule has 1 aromatic rings. The average Bonchev–Trinajstić information content (AvgIpc) is 2.31. The molecule has 6 heteroatoms. The van der Waals surface area contributed by atoms with Crippen LogP contribution in [0.3, 0.4) is 0 Å². The van der Waals surface area contributed by atoms with Gasteiger partial charge in [-0.1, -0.05) is 23.4 Å². The molecule has 0 aliphatic rings. The Hall–Kier alpha value is -0.260. The molecule has 0 aliphatic carbocycles. The van der Waals surface area contributed by atoms with Gasteiger partial charge in [0.2, 0.25) is 0 Å². The lowest BCUT2D eigenvalue weighted by molar-refractivity contribution is 1.24. The fraction of sp³-hybridized carbons (Fsp3) is 0.200. The van der Waals surface area contributed by atoms with Gasteiger partial charge < -0.3 is 5.73 Å². The van der Waals surface area contributed by atoms with Gasteiger partial charge in [0.05, 0.1) is 5.69 Å². The van der Waals surface area contributed by atoms with Gasteiger partial charge in [0.1, 0.15) is 0 Å². The van der Waals surface area contributed by atoms with E-state index in [2.05, 4.69) is 4.98 Å². The Labute approximate surface area is 77.5 Å². The summed E-state index contributed by atoms with van der Waals surface area (Å²) < 4.78 is 0.532. The van der Waals surface area contributed by atoms with Crippen molar-refractivity contribution in [1.82, 2.24) is 4.98 Å². The third-order valence-electron chi connectivity index (χ3n) is 0.899. The van der Waals surface area contributed by atoms with Crippen molar-refractivity contribution in [2.45, 2.75) is 5.75 Å². The fourth-order valence-electron chi connectivity index (χ4n) is 0.500. The van der Waals surface area contributed by atoms with Crippen molar-refractivity contribution in [3.8, 4) is 0 Å². The van der Waals surface area contributed by atoms with Crippen molar-refractivity contribution in [1.29, 1.82) is 5.41 Å². The van der Waals surface area contributed by atoms with E-state index in [0.29, 0.717) is 10.2 Å². The van der Waals surface area contributed by atoms with Gasteiger partial charge in [-0.25, -0.2) is 4.98 Å². The van der Waals surface area contributed by atoms with Crippen LogP contribution < -0.4 is 5.73 Å². The zero-order valence-corrected chi connectivity index (χ0v) is 7.89. The minimum atomic E-state index is 0.106. The van der Waals surface area contributed by atoms with E-state index in [0.717, 1.165) is 5.69 Å². The molecule has 0 saturated carbocycles. The molecule has 11 heavy (non-hydrogen) atoms. The number of thioether (sulfide) groups is 1. The van der Waals surface area contributed by atoms with Crippen LogP contribution >= 0.6 is 34.7 Å². The molecule has 60 valence electrons. The van der Waals surface area contributed by atoms with Crippen LogP contribution in [0.5, 0.6) is 0 Å². The second-order valence-corrected chi connectivity index (χ2v) is 4.20. The zero-order chi connectivity index (χ0) is 8.27. The maximum Gasteiger partial charge on any atom is 0.183 e. The van der Waals surface area contributed by atoms with Crippen LogP contribution in [-0.4, -0.2) is 10.2 Å². The number of rotatable bonds is 2. The maximum absolute atomic E-state index is 6.93. The molecule has 1 aromatic heterocycles. The molecule has 1 rings (SSSR count). The summed E-state index contributed by atoms with van der Waals surface area (Å²) in [6, 6.07) is 0. The van der Waals surface area contributed by atoms with E-state index >= 15 is 0 Å². The molecule has 0 aromatic carbocycles. The van der Waals surface area contributed by atoms with E-state index in [1.807, 2.05) is 5.38 Å². The Bertz CT molecular complexity index is 260. The average molecular weight is 208 g/mol. The van der Waals surface area contributed by atoms with Crippen LogP contribution in [0.2, 0.25) is 4.47 Å². The summed E-state index contributed by atoms with van der Waals surface area (Å²) in [5.41, 5.74) is 6.01. The molecule has 0 amide bonds. The Morgan fingerprint density at radius 2 is 2.64 bits per heavy atom. The lowest BCUT2D eigenvalue weighted by Gasteiger charge is -1.92. The Balaban J connectivity index is 2.45. The topological polar surface area (TPSA) is 62.8 Å². The third-order valence-corrected chi connectivity index (χ3v) is 2.68. The van der Waals surface area contributed by atoms with Gasteiger partial charge in [0.15, 0.2) is 9.63 Å². The predicted octanol–water partition coefficient (Wildman–Crippen LogP) is 1.92. The van der Waals surface area contributed by atoms with Gasteiger partial charge in [-0.15, -0.1) is 11.3 Å². The third kappa shape index (κ3) is 3.09. The Morgan fingerprint density at radius 1 is 1.91 bits per heavy atom. The lowest BCUT2D eigenvalue weighted by Crippen LogP contribution is -2.03. The molecule has 0 unspecified atom stereocenters. The molecule has 0 saturated heterocycles. The first-order valence-corrected chi connectivity index (χ1v) is 4.99. The van der Waals surface area contributed by atoms with Gasteiger partial charge in [0.25, 0.3) is 0 Å². The first kappa shape index (κ1) is 8.83. The SMILES string of the molecule is N=C(N)SCc1csc(Cl)n1. The number of nitrogens with zero attached hydrogens (tertiary/aromatic N) is 1. The summed E-state index contributed by atoms with van der Waals surface area (Å²) in [4.78, 5) is 3.99. The number of hydrogen-bond acceptors (Lipinski definition) is 4. The summed E-state index contributed by atoms with van der Waals surface area (Å²) in [5.74, 6) is 0.624. The van der Waals surface area contributed by atoms with Crippen LogP contribution in [0.1, 0.15) is 5.69 Å². The molecule has 0 spiro atoms. The molecule has 1 heterocycles. The maximum atomic E-state index is 6.93. The number of aromatic nitrogens is 1. The summed E-state index contributed by atoms with van der Waals surface area (Å²) in [5, 5.41) is 8.90. The predicted molar refractivity (Wildman–Crippen MR) is 50.3 cm³/mol. The number of amidine groups is 1. The first-order chi connectivity index (χ1) is 5.18. The monoisotopic (exact) mass is 207 g/mol. The highest BCUT2D eigenvalue weighted by molar-refractivity contribution is 8.13. The number of nitrogens with one attached hydrogen (secondary N) is 1. The van der Waals surface area contributed by atoms with Crippen molar-refractivity contribution in [3.05, 3.63) is 15.5 Å². The quantitative estimate of drug-likeness (QED) is 0.576. The van der Waals surface area contributed by atoms with Crippen molar-refractivity contribution in [2.24, 2.45) is 5.73 Å². The van der Waals surface area contributed by atoms with Crippen LogP contribution in [-0.2, 0) is 5.75 Å². The zero-order valence-electron chi connectivity index (χ0n) is 5.50. The molecule has 0 bridgehead atoms. The summed E-state index contributed by atoms with van der Waals surface area (Å²) in [7, 11) is 0. The largest absolute Gasteiger partial charge is 0.379 e. The Morgan fingerprint density at radius 3 is 3.09 bits per heavy atom. The lowest BCUT2D eigenvalue weighted by atomic mass is 10.6. The van der Waals surface area contributed by atoms with E-state index in [1.54, 1.807) is 0 Å². The van der Waals surface area contributed by atoms with Gasteiger partial charge >= 0.3 is 0 Å². The molecule has 0 aliphatic heterocycles. The Kier molecular flexibility index (Phi) is 3.16. The van der Waals surface area contributed by atoms with E-state index in [-0.39, 0.29) is 5.17 Å². The summed E-state index contributed by atoms with van der Waals surface area (Å²) in [6.07, 6.45) is 0. The fourth-order valence-corrected chi connectivity index (χ4v) is 1.84. The summed E-state index contributed by atoms with van der Waals surface area (Å²) >= 11 is 8.22. The minimum Gasteiger partial charge on any atom is -0.379 e. The molecule has 0 fully saturated rings. The highest BCUT2D eigenvalue weighted by Crippen LogP contribution is 2.18. The van der Waals surface area contributed by atoms with Crippen molar-refractivity contribution in [3.63, 3.8) is 0 Å². The normalized spacial score (nSPS) is 9.91. The number of hydrogen-bond donors (Lipinski definition) is 2. The number of nitrogens with two attached hydrogens (primary N) is 1. The molecule has 0 atom stereocenters. The summed E-state index contributed by atoms with van der Waals surface area (Å²) in [6.45, 7) is 0. The van der Waals surface area contributed by atoms with Crippen LogP contribution in [0.4, 0.5) is 0 Å². The highest BCUT2D eigenvalue weighted by atomic mass is 35.5. The smallest absolute Gasteiger partial charge is 0.183 e. The second kappa shape index (κ2) is 3.94. The van der Waals surface area contributed by atoms with Gasteiger partial charge in [-0.05, 0) is 0 Å². The van der Waals surface area contributed by atoms with Crippen LogP contribution in [0.15, 0.2) is 5.38 Å². The second-order valence-electron chi connectivity index (χ2n) is 1.74. The van der Waals surface area contributed by atoms with Crippen molar-refractivity contribution >= 4 is 39.9 Å². The highest BCUT2D eigenvalue weighted by Gasteiger charge is 1.99. The van der Waals surface area contributed by atoms with E-state index in [9.17, 15) is 0 Å². The number of halogens is 1. The molecule has 3 N–H and O–H groups in total. The first-order valence-electron chi connectivity index (χ1n) is 2.75. The van der Waals surface area contributed by atoms with Crippen LogP contribution in [0.25, 0.3) is 0 Å².